The summed E-state index contributed by atoms with van der Waals surface area (Å²) in [5, 5.41) is 2.72. The molecule has 2 aromatic rings. The van der Waals surface area contributed by atoms with E-state index in [1.165, 1.54) is 17.0 Å². The van der Waals surface area contributed by atoms with Crippen molar-refractivity contribution < 1.29 is 4.79 Å². The van der Waals surface area contributed by atoms with Crippen LogP contribution in [-0.4, -0.2) is 32.0 Å². The first kappa shape index (κ1) is 12.0. The van der Waals surface area contributed by atoms with Gasteiger partial charge in [0.25, 0.3) is 0 Å². The highest BCUT2D eigenvalue weighted by Gasteiger charge is 2.03. The highest BCUT2D eigenvalue weighted by molar-refractivity contribution is 5.75. The summed E-state index contributed by atoms with van der Waals surface area (Å²) in [7, 11) is 0. The van der Waals surface area contributed by atoms with Crippen molar-refractivity contribution in [3.05, 3.63) is 47.2 Å². The van der Waals surface area contributed by atoms with E-state index in [4.69, 9.17) is 0 Å². The molecule has 0 saturated carbocycles. The van der Waals surface area contributed by atoms with Gasteiger partial charge in [-0.25, -0.2) is 14.8 Å². The molecule has 2 heterocycles. The van der Waals surface area contributed by atoms with Gasteiger partial charge in [-0.3, -0.25) is 9.36 Å². The summed E-state index contributed by atoms with van der Waals surface area (Å²) in [5.74, 6) is -0.218. The number of carbonyl (C=O) groups excluding carboxylic acids is 1. The van der Waals surface area contributed by atoms with E-state index in [0.29, 0.717) is 13.0 Å². The van der Waals surface area contributed by atoms with Gasteiger partial charge in [0.1, 0.15) is 6.54 Å². The minimum absolute atomic E-state index is 0.0182. The van der Waals surface area contributed by atoms with E-state index in [2.05, 4.69) is 20.3 Å². The molecule has 2 aromatic heterocycles. The van der Waals surface area contributed by atoms with Gasteiger partial charge in [-0.2, -0.15) is 0 Å². The van der Waals surface area contributed by atoms with Gasteiger partial charge in [0, 0.05) is 37.3 Å². The molecule has 0 spiro atoms. The van der Waals surface area contributed by atoms with Crippen LogP contribution in [0.25, 0.3) is 0 Å². The molecule has 94 valence electrons. The third-order valence-electron chi connectivity index (χ3n) is 2.37. The molecule has 7 heteroatoms. The average Bonchev–Trinajstić information content (AvgIpc) is 2.85. The fourth-order valence-corrected chi connectivity index (χ4v) is 1.48. The van der Waals surface area contributed by atoms with Crippen LogP contribution in [0, 0.1) is 0 Å². The van der Waals surface area contributed by atoms with E-state index < -0.39 is 5.69 Å². The quantitative estimate of drug-likeness (QED) is 0.732. The zero-order valence-corrected chi connectivity index (χ0v) is 9.67. The first-order chi connectivity index (χ1) is 8.75. The van der Waals surface area contributed by atoms with E-state index in [1.54, 1.807) is 18.6 Å². The molecule has 0 aliphatic carbocycles. The van der Waals surface area contributed by atoms with Gasteiger partial charge < -0.3 is 10.3 Å². The zero-order valence-electron chi connectivity index (χ0n) is 9.67. The lowest BCUT2D eigenvalue weighted by atomic mass is 10.3. The standard InChI is InChI=1S/C11H13N5O2/c17-10(7-16-5-1-3-14-11(16)18)13-4-2-9-6-12-8-15-9/h1,3,5-6,8H,2,4,7H2,(H,12,15)(H,13,17). The minimum Gasteiger partial charge on any atom is -0.354 e. The van der Waals surface area contributed by atoms with Gasteiger partial charge in [-0.15, -0.1) is 0 Å². The van der Waals surface area contributed by atoms with Crippen LogP contribution in [0.3, 0.4) is 0 Å². The van der Waals surface area contributed by atoms with Crippen LogP contribution in [0.2, 0.25) is 0 Å². The molecule has 0 saturated heterocycles. The molecule has 0 fully saturated rings. The molecular weight excluding hydrogens is 234 g/mol. The monoisotopic (exact) mass is 247 g/mol. The number of hydrogen-bond donors (Lipinski definition) is 2. The zero-order chi connectivity index (χ0) is 12.8. The summed E-state index contributed by atoms with van der Waals surface area (Å²) in [5.41, 5.74) is 0.523. The summed E-state index contributed by atoms with van der Waals surface area (Å²) < 4.78 is 1.26. The smallest absolute Gasteiger partial charge is 0.347 e. The van der Waals surface area contributed by atoms with Crippen LogP contribution in [0.5, 0.6) is 0 Å². The second-order valence-corrected chi connectivity index (χ2v) is 3.71. The Morgan fingerprint density at radius 3 is 3.11 bits per heavy atom. The Bertz CT molecular complexity index is 561. The molecule has 18 heavy (non-hydrogen) atoms. The predicted molar refractivity (Wildman–Crippen MR) is 63.8 cm³/mol. The van der Waals surface area contributed by atoms with Gasteiger partial charge >= 0.3 is 5.69 Å². The van der Waals surface area contributed by atoms with E-state index in [1.807, 2.05) is 0 Å². The van der Waals surface area contributed by atoms with E-state index >= 15 is 0 Å². The van der Waals surface area contributed by atoms with Gasteiger partial charge in [-0.1, -0.05) is 0 Å². The predicted octanol–water partition coefficient (Wildman–Crippen LogP) is -0.675. The topological polar surface area (TPSA) is 92.7 Å². The second kappa shape index (κ2) is 5.76. The van der Waals surface area contributed by atoms with Crippen molar-refractivity contribution in [2.24, 2.45) is 0 Å². The number of amides is 1. The normalized spacial score (nSPS) is 10.2. The Morgan fingerprint density at radius 1 is 1.50 bits per heavy atom. The van der Waals surface area contributed by atoms with Gasteiger partial charge in [0.2, 0.25) is 5.91 Å². The Morgan fingerprint density at radius 2 is 2.39 bits per heavy atom. The summed E-state index contributed by atoms with van der Waals surface area (Å²) in [6, 6.07) is 1.61. The maximum Gasteiger partial charge on any atom is 0.347 e. The molecule has 0 atom stereocenters. The minimum atomic E-state index is -0.429. The van der Waals surface area contributed by atoms with Crippen molar-refractivity contribution in [3.8, 4) is 0 Å². The van der Waals surface area contributed by atoms with Crippen LogP contribution < -0.4 is 11.0 Å². The second-order valence-electron chi connectivity index (χ2n) is 3.71. The highest BCUT2D eigenvalue weighted by atomic mass is 16.2. The lowest BCUT2D eigenvalue weighted by Crippen LogP contribution is -2.33. The number of aromatic amines is 1. The first-order valence-corrected chi connectivity index (χ1v) is 5.51. The van der Waals surface area contributed by atoms with Crippen LogP contribution in [0.1, 0.15) is 5.69 Å². The number of H-pyrrole nitrogens is 1. The van der Waals surface area contributed by atoms with E-state index in [-0.39, 0.29) is 12.5 Å². The molecule has 0 bridgehead atoms. The average molecular weight is 247 g/mol. The Labute approximate surface area is 103 Å². The molecule has 0 unspecified atom stereocenters. The van der Waals surface area contributed by atoms with Crippen molar-refractivity contribution in [2.75, 3.05) is 6.54 Å². The summed E-state index contributed by atoms with van der Waals surface area (Å²) >= 11 is 0. The van der Waals surface area contributed by atoms with Crippen molar-refractivity contribution in [1.29, 1.82) is 0 Å². The molecule has 1 amide bonds. The lowest BCUT2D eigenvalue weighted by molar-refractivity contribution is -0.121. The molecule has 0 radical (unpaired) electrons. The number of hydrogen-bond acceptors (Lipinski definition) is 4. The summed E-state index contributed by atoms with van der Waals surface area (Å²) in [6.45, 7) is 0.478. The fraction of sp³-hybridized carbons (Fsp3) is 0.273. The Hall–Kier alpha value is -2.44. The molecule has 0 aromatic carbocycles. The van der Waals surface area contributed by atoms with Gasteiger partial charge in [0.15, 0.2) is 0 Å². The Balaban J connectivity index is 1.79. The first-order valence-electron chi connectivity index (χ1n) is 5.51. The van der Waals surface area contributed by atoms with Crippen molar-refractivity contribution in [3.63, 3.8) is 0 Å². The molecule has 2 rings (SSSR count). The van der Waals surface area contributed by atoms with E-state index in [9.17, 15) is 9.59 Å². The lowest BCUT2D eigenvalue weighted by Gasteiger charge is -2.05. The SMILES string of the molecule is O=C(Cn1cccnc1=O)NCCc1cnc[nH]1. The molecule has 0 aliphatic heterocycles. The van der Waals surface area contributed by atoms with Crippen LogP contribution >= 0.6 is 0 Å². The number of nitrogens with one attached hydrogen (secondary N) is 2. The van der Waals surface area contributed by atoms with Gasteiger partial charge in [0.05, 0.1) is 6.33 Å². The highest BCUT2D eigenvalue weighted by Crippen LogP contribution is 1.90. The molecule has 7 nitrogen and oxygen atoms in total. The number of aromatic nitrogens is 4. The summed E-state index contributed by atoms with van der Waals surface area (Å²) in [6.07, 6.45) is 6.90. The van der Waals surface area contributed by atoms with Crippen LogP contribution in [0.4, 0.5) is 0 Å². The number of imidazole rings is 1. The van der Waals surface area contributed by atoms with Crippen molar-refractivity contribution in [1.82, 2.24) is 24.8 Å². The maximum absolute atomic E-state index is 11.6. The van der Waals surface area contributed by atoms with Crippen molar-refractivity contribution in [2.45, 2.75) is 13.0 Å². The fourth-order valence-electron chi connectivity index (χ4n) is 1.48. The number of carbonyl (C=O) groups is 1. The Kier molecular flexibility index (Phi) is 3.85. The maximum atomic E-state index is 11.6. The molecule has 2 N–H and O–H groups in total. The van der Waals surface area contributed by atoms with Gasteiger partial charge in [-0.05, 0) is 6.07 Å². The number of rotatable bonds is 5. The van der Waals surface area contributed by atoms with Crippen LogP contribution in [0.15, 0.2) is 35.8 Å². The third-order valence-corrected chi connectivity index (χ3v) is 2.37. The summed E-state index contributed by atoms with van der Waals surface area (Å²) in [4.78, 5) is 33.2. The van der Waals surface area contributed by atoms with Crippen LogP contribution in [-0.2, 0) is 17.8 Å². The molecule has 0 aliphatic rings. The van der Waals surface area contributed by atoms with E-state index in [0.717, 1.165) is 5.69 Å². The third kappa shape index (κ3) is 3.27. The largest absolute Gasteiger partial charge is 0.354 e. The number of nitrogens with zero attached hydrogens (tertiary/aromatic N) is 3. The molecular formula is C11H13N5O2. The van der Waals surface area contributed by atoms with Crippen molar-refractivity contribution >= 4 is 5.91 Å².